The maximum absolute atomic E-state index is 13.5. The Labute approximate surface area is 265 Å². The summed E-state index contributed by atoms with van der Waals surface area (Å²) in [5.74, 6) is 2.23. The molecule has 1 aliphatic heterocycles. The number of carbonyl (C=O) groups excluding carboxylic acids is 3. The molecule has 2 amide bonds. The highest BCUT2D eigenvalue weighted by Crippen LogP contribution is 2.37. The van der Waals surface area contributed by atoms with E-state index in [1.54, 1.807) is 12.0 Å². The number of para-hydroxylation sites is 1. The quantitative estimate of drug-likeness (QED) is 0.278. The Bertz CT molecular complexity index is 1590. The third-order valence-electron chi connectivity index (χ3n) is 9.15. The smallest absolute Gasteiger partial charge is 0.258 e. The summed E-state index contributed by atoms with van der Waals surface area (Å²) in [7, 11) is 1.67. The van der Waals surface area contributed by atoms with Crippen molar-refractivity contribution in [2.75, 3.05) is 31.6 Å². The SMILES string of the molecule is COC1(C)C=CC(C2CCN(C(=C=O)CCN(C(=O)c3ccccc3)c3ccccc3)CC2)=C(C)C1NC(=O)c1ccccc1. The molecule has 2 atom stereocenters. The number of amides is 2. The van der Waals surface area contributed by atoms with Gasteiger partial charge >= 0.3 is 0 Å². The molecule has 1 fully saturated rings. The van der Waals surface area contributed by atoms with E-state index in [2.05, 4.69) is 35.2 Å². The van der Waals surface area contributed by atoms with Crippen LogP contribution in [-0.2, 0) is 9.53 Å². The normalized spacial score (nSPS) is 20.0. The molecule has 0 saturated carbocycles. The largest absolute Gasteiger partial charge is 0.372 e. The van der Waals surface area contributed by atoms with Crippen molar-refractivity contribution < 1.29 is 19.1 Å². The number of rotatable bonds is 10. The maximum Gasteiger partial charge on any atom is 0.258 e. The predicted molar refractivity (Wildman–Crippen MR) is 178 cm³/mol. The standard InChI is InChI=1S/C38H41N3O4/c1-28-34(19-23-38(2,45-3)35(28)39-36(43)30-13-7-4-8-14-30)29-20-24-40(25-21-29)33(27-42)22-26-41(32-17-11-6-12-18-32)37(44)31-15-9-5-10-16-31/h4-19,23,29,35H,20-22,24-26H2,1-3H3,(H,39,43). The van der Waals surface area contributed by atoms with Crippen molar-refractivity contribution >= 4 is 23.4 Å². The van der Waals surface area contributed by atoms with E-state index in [9.17, 15) is 14.4 Å². The van der Waals surface area contributed by atoms with Gasteiger partial charge in [-0.1, -0.05) is 66.7 Å². The van der Waals surface area contributed by atoms with Crippen molar-refractivity contribution in [3.05, 3.63) is 131 Å². The summed E-state index contributed by atoms with van der Waals surface area (Å²) < 4.78 is 5.90. The molecule has 7 heteroatoms. The van der Waals surface area contributed by atoms with Crippen molar-refractivity contribution in [3.63, 3.8) is 0 Å². The van der Waals surface area contributed by atoms with Gasteiger partial charge in [0.05, 0.1) is 6.04 Å². The number of likely N-dealkylation sites (tertiary alicyclic amines) is 1. The van der Waals surface area contributed by atoms with Crippen LogP contribution in [0, 0.1) is 5.92 Å². The van der Waals surface area contributed by atoms with Crippen LogP contribution in [0.3, 0.4) is 0 Å². The first-order valence-corrected chi connectivity index (χ1v) is 15.6. The molecule has 2 unspecified atom stereocenters. The Morgan fingerprint density at radius 2 is 1.51 bits per heavy atom. The molecule has 1 heterocycles. The molecule has 0 bridgehead atoms. The Morgan fingerprint density at radius 1 is 0.933 bits per heavy atom. The average molecular weight is 604 g/mol. The number of hydrogen-bond acceptors (Lipinski definition) is 5. The van der Waals surface area contributed by atoms with Crippen LogP contribution in [0.25, 0.3) is 0 Å². The highest BCUT2D eigenvalue weighted by Gasteiger charge is 2.39. The number of piperidine rings is 1. The summed E-state index contributed by atoms with van der Waals surface area (Å²) >= 11 is 0. The molecule has 45 heavy (non-hydrogen) atoms. The van der Waals surface area contributed by atoms with Crippen LogP contribution in [0.1, 0.15) is 53.8 Å². The first-order valence-electron chi connectivity index (χ1n) is 15.6. The van der Waals surface area contributed by atoms with Crippen LogP contribution >= 0.6 is 0 Å². The van der Waals surface area contributed by atoms with Crippen molar-refractivity contribution in [2.45, 2.75) is 44.8 Å². The van der Waals surface area contributed by atoms with Crippen molar-refractivity contribution in [2.24, 2.45) is 5.92 Å². The lowest BCUT2D eigenvalue weighted by atomic mass is 9.76. The summed E-state index contributed by atoms with van der Waals surface area (Å²) in [4.78, 5) is 42.7. The second-order valence-electron chi connectivity index (χ2n) is 11.9. The molecule has 7 nitrogen and oxygen atoms in total. The number of nitrogens with one attached hydrogen (secondary N) is 1. The summed E-state index contributed by atoms with van der Waals surface area (Å²) in [6.07, 6.45) is 6.32. The highest BCUT2D eigenvalue weighted by atomic mass is 16.5. The van der Waals surface area contributed by atoms with Gasteiger partial charge in [0.25, 0.3) is 11.8 Å². The number of hydrogen-bond donors (Lipinski definition) is 1. The minimum atomic E-state index is -0.673. The van der Waals surface area contributed by atoms with Crippen molar-refractivity contribution in [1.29, 1.82) is 0 Å². The summed E-state index contributed by atoms with van der Waals surface area (Å²) in [6, 6.07) is 27.7. The number of anilines is 1. The van der Waals surface area contributed by atoms with Gasteiger partial charge in [0, 0.05) is 50.0 Å². The number of carbonyl (C=O) groups is 2. The highest BCUT2D eigenvalue weighted by molar-refractivity contribution is 6.06. The van der Waals surface area contributed by atoms with Gasteiger partial charge in [0.2, 0.25) is 0 Å². The van der Waals surface area contributed by atoms with Gasteiger partial charge in [-0.15, -0.1) is 0 Å². The third-order valence-corrected chi connectivity index (χ3v) is 9.15. The lowest BCUT2D eigenvalue weighted by Gasteiger charge is -2.42. The summed E-state index contributed by atoms with van der Waals surface area (Å²) in [5.41, 5.74) is 4.22. The predicted octanol–water partition coefficient (Wildman–Crippen LogP) is 6.24. The van der Waals surface area contributed by atoms with Crippen LogP contribution < -0.4 is 10.2 Å². The van der Waals surface area contributed by atoms with Crippen molar-refractivity contribution in [1.82, 2.24) is 10.2 Å². The Hall–Kier alpha value is -4.71. The van der Waals surface area contributed by atoms with E-state index in [1.807, 2.05) is 97.9 Å². The Balaban J connectivity index is 1.26. The maximum atomic E-state index is 13.5. The van der Waals surface area contributed by atoms with Crippen molar-refractivity contribution in [3.8, 4) is 0 Å². The fourth-order valence-corrected chi connectivity index (χ4v) is 6.42. The molecular weight excluding hydrogens is 562 g/mol. The number of ether oxygens (including phenoxy) is 1. The first-order chi connectivity index (χ1) is 21.8. The minimum absolute atomic E-state index is 0.103. The zero-order chi connectivity index (χ0) is 31.8. The third kappa shape index (κ3) is 7.17. The van der Waals surface area contributed by atoms with Crippen LogP contribution in [-0.4, -0.2) is 61.0 Å². The number of nitrogens with zero attached hydrogens (tertiary/aromatic N) is 2. The fraction of sp³-hybridized carbons (Fsp3) is 0.316. The summed E-state index contributed by atoms with van der Waals surface area (Å²) in [6.45, 7) is 5.86. The van der Waals surface area contributed by atoms with Crippen LogP contribution in [0.5, 0.6) is 0 Å². The zero-order valence-corrected chi connectivity index (χ0v) is 26.2. The first kappa shape index (κ1) is 31.7. The van der Waals surface area contributed by atoms with E-state index in [1.165, 1.54) is 5.57 Å². The van der Waals surface area contributed by atoms with Gasteiger partial charge in [-0.2, -0.15) is 0 Å². The molecule has 1 aliphatic carbocycles. The molecule has 232 valence electrons. The molecule has 3 aromatic carbocycles. The van der Waals surface area contributed by atoms with Gasteiger partial charge in [-0.3, -0.25) is 9.59 Å². The molecular formula is C38H41N3O4. The van der Waals surface area contributed by atoms with Crippen LogP contribution in [0.2, 0.25) is 0 Å². The van der Waals surface area contributed by atoms with Gasteiger partial charge in [-0.05, 0) is 80.2 Å². The van der Waals surface area contributed by atoms with E-state index in [-0.39, 0.29) is 23.8 Å². The number of methoxy groups -OCH3 is 1. The number of allylic oxidation sites excluding steroid dienone is 2. The lowest BCUT2D eigenvalue weighted by molar-refractivity contribution is 0.0224. The zero-order valence-electron chi connectivity index (χ0n) is 26.2. The second-order valence-corrected chi connectivity index (χ2v) is 11.9. The Morgan fingerprint density at radius 3 is 2.09 bits per heavy atom. The summed E-state index contributed by atoms with van der Waals surface area (Å²) in [5, 5.41) is 3.22. The molecule has 2 aliphatic rings. The molecule has 0 radical (unpaired) electrons. The molecule has 3 aromatic rings. The van der Waals surface area contributed by atoms with Crippen LogP contribution in [0.15, 0.2) is 120 Å². The average Bonchev–Trinajstić information content (AvgIpc) is 3.09. The van der Waals surface area contributed by atoms with Gasteiger partial charge < -0.3 is 19.9 Å². The van der Waals surface area contributed by atoms with E-state index in [0.29, 0.717) is 42.9 Å². The monoisotopic (exact) mass is 603 g/mol. The topological polar surface area (TPSA) is 79.0 Å². The van der Waals surface area contributed by atoms with E-state index in [4.69, 9.17) is 4.74 Å². The molecule has 5 rings (SSSR count). The van der Waals surface area contributed by atoms with E-state index >= 15 is 0 Å². The van der Waals surface area contributed by atoms with E-state index < -0.39 is 5.60 Å². The molecule has 0 spiro atoms. The molecule has 0 aromatic heterocycles. The van der Waals surface area contributed by atoms with Gasteiger partial charge in [0.1, 0.15) is 17.2 Å². The van der Waals surface area contributed by atoms with Gasteiger partial charge in [0.15, 0.2) is 0 Å². The fourth-order valence-electron chi connectivity index (χ4n) is 6.42. The second kappa shape index (κ2) is 14.4. The van der Waals surface area contributed by atoms with E-state index in [0.717, 1.165) is 24.1 Å². The molecule has 1 saturated heterocycles. The Kier molecular flexibility index (Phi) is 10.1. The van der Waals surface area contributed by atoms with Crippen LogP contribution in [0.4, 0.5) is 5.69 Å². The van der Waals surface area contributed by atoms with Gasteiger partial charge in [-0.25, -0.2) is 4.79 Å². The minimum Gasteiger partial charge on any atom is -0.372 e. The number of benzene rings is 3. The lowest BCUT2D eigenvalue weighted by Crippen LogP contribution is -2.53. The molecule has 1 N–H and O–H groups in total.